The van der Waals surface area contributed by atoms with Gasteiger partial charge in [-0.3, -0.25) is 4.79 Å². The molecule has 1 amide bonds. The Kier molecular flexibility index (Phi) is 9.36. The fourth-order valence-electron chi connectivity index (χ4n) is 4.61. The zero-order chi connectivity index (χ0) is 26.3. The van der Waals surface area contributed by atoms with E-state index in [1.807, 2.05) is 0 Å². The zero-order valence-electron chi connectivity index (χ0n) is 20.9. The molecule has 0 radical (unpaired) electrons. The summed E-state index contributed by atoms with van der Waals surface area (Å²) in [5, 5.41) is 2.85. The maximum absolute atomic E-state index is 12.7. The number of carbonyl (C=O) groups excluding carboxylic acids is 1. The Balaban J connectivity index is 1.23. The number of nitrogens with one attached hydrogen (secondary N) is 2. The fourth-order valence-corrected chi connectivity index (χ4v) is 7.32. The van der Waals surface area contributed by atoms with Crippen LogP contribution < -0.4 is 10.0 Å². The van der Waals surface area contributed by atoms with Gasteiger partial charge in [-0.25, -0.2) is 21.6 Å². The Morgan fingerprint density at radius 2 is 1.43 bits per heavy atom. The number of amides is 1. The molecule has 0 aromatic heterocycles. The van der Waals surface area contributed by atoms with Crippen molar-refractivity contribution in [2.75, 3.05) is 26.3 Å². The molecule has 1 aliphatic carbocycles. The Labute approximate surface area is 219 Å². The third-order valence-corrected chi connectivity index (χ3v) is 10.3. The number of ether oxygens (including phenoxy) is 1. The summed E-state index contributed by atoms with van der Waals surface area (Å²) in [5.41, 5.74) is 1.68. The van der Waals surface area contributed by atoms with Crippen molar-refractivity contribution < 1.29 is 26.4 Å². The summed E-state index contributed by atoms with van der Waals surface area (Å²) in [7, 11) is -7.09. The molecule has 2 aliphatic rings. The second kappa shape index (κ2) is 12.5. The van der Waals surface area contributed by atoms with Gasteiger partial charge in [0.05, 0.1) is 23.0 Å². The molecule has 0 atom stereocenters. The lowest BCUT2D eigenvalue weighted by atomic mass is 9.96. The molecule has 11 heteroatoms. The summed E-state index contributed by atoms with van der Waals surface area (Å²) < 4.78 is 60.2. The molecule has 0 unspecified atom stereocenters. The molecule has 2 aromatic rings. The summed E-state index contributed by atoms with van der Waals surface area (Å²) in [6, 6.07) is 13.2. The SMILES string of the molecule is O=C(CCc1ccc(S(=O)(=O)NC2CCCCC2)cc1)NCc1ccc(S(=O)(=O)N2CCOCC2)cc1. The number of carbonyl (C=O) groups is 1. The fraction of sp³-hybridized carbons (Fsp3) is 0.500. The van der Waals surface area contributed by atoms with E-state index in [1.165, 1.54) is 4.31 Å². The molecule has 202 valence electrons. The number of benzene rings is 2. The van der Waals surface area contributed by atoms with Crippen molar-refractivity contribution in [3.05, 3.63) is 59.7 Å². The van der Waals surface area contributed by atoms with Crippen LogP contribution in [-0.2, 0) is 42.5 Å². The monoisotopic (exact) mass is 549 g/mol. The Morgan fingerprint density at radius 1 is 0.838 bits per heavy atom. The van der Waals surface area contributed by atoms with Gasteiger partial charge in [0.15, 0.2) is 0 Å². The molecule has 2 N–H and O–H groups in total. The van der Waals surface area contributed by atoms with Crippen LogP contribution in [0.1, 0.15) is 49.7 Å². The van der Waals surface area contributed by atoms with Crippen molar-refractivity contribution in [3.63, 3.8) is 0 Å². The van der Waals surface area contributed by atoms with Crippen LogP contribution in [0.2, 0.25) is 0 Å². The number of rotatable bonds is 10. The minimum Gasteiger partial charge on any atom is -0.379 e. The number of hydrogen-bond acceptors (Lipinski definition) is 6. The first-order valence-electron chi connectivity index (χ1n) is 12.8. The van der Waals surface area contributed by atoms with Crippen LogP contribution in [0.15, 0.2) is 58.3 Å². The van der Waals surface area contributed by atoms with Gasteiger partial charge in [0.25, 0.3) is 0 Å². The average molecular weight is 550 g/mol. The van der Waals surface area contributed by atoms with Gasteiger partial charge in [-0.2, -0.15) is 4.31 Å². The third kappa shape index (κ3) is 7.61. The molecule has 37 heavy (non-hydrogen) atoms. The van der Waals surface area contributed by atoms with E-state index in [4.69, 9.17) is 4.74 Å². The van der Waals surface area contributed by atoms with E-state index in [-0.39, 0.29) is 28.2 Å². The van der Waals surface area contributed by atoms with E-state index in [2.05, 4.69) is 10.0 Å². The van der Waals surface area contributed by atoms with Crippen LogP contribution in [-0.4, -0.2) is 59.4 Å². The van der Waals surface area contributed by atoms with Crippen molar-refractivity contribution in [3.8, 4) is 0 Å². The molecule has 2 aromatic carbocycles. The van der Waals surface area contributed by atoms with Gasteiger partial charge in [-0.15, -0.1) is 0 Å². The first-order chi connectivity index (χ1) is 17.7. The summed E-state index contributed by atoms with van der Waals surface area (Å²) >= 11 is 0. The Bertz CT molecular complexity index is 1250. The lowest BCUT2D eigenvalue weighted by molar-refractivity contribution is -0.121. The summed E-state index contributed by atoms with van der Waals surface area (Å²) in [5.74, 6) is -0.138. The lowest BCUT2D eigenvalue weighted by Gasteiger charge is -2.26. The molecule has 1 aliphatic heterocycles. The van der Waals surface area contributed by atoms with E-state index in [0.29, 0.717) is 39.3 Å². The van der Waals surface area contributed by atoms with Crippen molar-refractivity contribution >= 4 is 26.0 Å². The highest BCUT2D eigenvalue weighted by Gasteiger charge is 2.26. The quantitative estimate of drug-likeness (QED) is 0.470. The van der Waals surface area contributed by atoms with Gasteiger partial charge in [0.2, 0.25) is 26.0 Å². The van der Waals surface area contributed by atoms with Crippen LogP contribution in [0, 0.1) is 0 Å². The van der Waals surface area contributed by atoms with E-state index >= 15 is 0 Å². The summed E-state index contributed by atoms with van der Waals surface area (Å²) in [6.07, 6.45) is 5.77. The smallest absolute Gasteiger partial charge is 0.243 e. The highest BCUT2D eigenvalue weighted by Crippen LogP contribution is 2.21. The highest BCUT2D eigenvalue weighted by atomic mass is 32.2. The predicted octanol–water partition coefficient (Wildman–Crippen LogP) is 2.57. The third-order valence-electron chi connectivity index (χ3n) is 6.82. The molecule has 0 bridgehead atoms. The van der Waals surface area contributed by atoms with Crippen molar-refractivity contribution in [1.29, 1.82) is 0 Å². The topological polar surface area (TPSA) is 122 Å². The Hall–Kier alpha value is -2.31. The van der Waals surface area contributed by atoms with Gasteiger partial charge in [-0.1, -0.05) is 43.5 Å². The average Bonchev–Trinajstić information content (AvgIpc) is 2.92. The van der Waals surface area contributed by atoms with Crippen LogP contribution >= 0.6 is 0 Å². The van der Waals surface area contributed by atoms with E-state index in [1.54, 1.807) is 48.5 Å². The number of aryl methyl sites for hydroxylation is 1. The first-order valence-corrected chi connectivity index (χ1v) is 15.7. The van der Waals surface area contributed by atoms with Gasteiger partial charge in [0, 0.05) is 32.1 Å². The zero-order valence-corrected chi connectivity index (χ0v) is 22.5. The molecule has 1 saturated heterocycles. The second-order valence-corrected chi connectivity index (χ2v) is 13.2. The lowest BCUT2D eigenvalue weighted by Crippen LogP contribution is -2.40. The predicted molar refractivity (Wildman–Crippen MR) is 140 cm³/mol. The first kappa shape index (κ1) is 27.7. The molecule has 1 saturated carbocycles. The van der Waals surface area contributed by atoms with Crippen LogP contribution in [0.3, 0.4) is 0 Å². The van der Waals surface area contributed by atoms with Crippen LogP contribution in [0.5, 0.6) is 0 Å². The molecular weight excluding hydrogens is 514 g/mol. The summed E-state index contributed by atoms with van der Waals surface area (Å²) in [4.78, 5) is 12.8. The van der Waals surface area contributed by atoms with Gasteiger partial charge in [-0.05, 0) is 54.7 Å². The van der Waals surface area contributed by atoms with Gasteiger partial charge in [0.1, 0.15) is 0 Å². The van der Waals surface area contributed by atoms with E-state index in [0.717, 1.165) is 43.2 Å². The molecule has 1 heterocycles. The van der Waals surface area contributed by atoms with Crippen LogP contribution in [0.25, 0.3) is 0 Å². The minimum absolute atomic E-state index is 0.00694. The largest absolute Gasteiger partial charge is 0.379 e. The second-order valence-electron chi connectivity index (χ2n) is 9.54. The highest BCUT2D eigenvalue weighted by molar-refractivity contribution is 7.89. The van der Waals surface area contributed by atoms with Crippen molar-refractivity contribution in [2.45, 2.75) is 67.3 Å². The number of morpholine rings is 1. The van der Waals surface area contributed by atoms with Crippen LogP contribution in [0.4, 0.5) is 0 Å². The summed E-state index contributed by atoms with van der Waals surface area (Å²) in [6.45, 7) is 1.77. The molecule has 2 fully saturated rings. The van der Waals surface area contributed by atoms with Crippen molar-refractivity contribution in [1.82, 2.24) is 14.3 Å². The number of nitrogens with zero attached hydrogens (tertiary/aromatic N) is 1. The maximum atomic E-state index is 12.7. The standard InChI is InChI=1S/C26H35N3O6S2/c30-26(27-20-22-8-13-25(14-9-22)37(33,34)29-16-18-35-19-17-29)15-10-21-6-11-24(12-7-21)36(31,32)28-23-4-2-1-3-5-23/h6-9,11-14,23,28H,1-5,10,15-20H2,(H,27,30). The number of sulfonamides is 2. The van der Waals surface area contributed by atoms with Gasteiger partial charge >= 0.3 is 0 Å². The van der Waals surface area contributed by atoms with E-state index in [9.17, 15) is 21.6 Å². The molecule has 9 nitrogen and oxygen atoms in total. The minimum atomic E-state index is -3.55. The molecule has 0 spiro atoms. The van der Waals surface area contributed by atoms with Crippen molar-refractivity contribution in [2.24, 2.45) is 0 Å². The van der Waals surface area contributed by atoms with E-state index < -0.39 is 20.0 Å². The Morgan fingerprint density at radius 3 is 2.08 bits per heavy atom. The molecular formula is C26H35N3O6S2. The maximum Gasteiger partial charge on any atom is 0.243 e. The molecule has 4 rings (SSSR count). The normalized spacial score (nSPS) is 17.9. The number of hydrogen-bond donors (Lipinski definition) is 2. The van der Waals surface area contributed by atoms with Gasteiger partial charge < -0.3 is 10.1 Å².